The molecule has 0 aromatic heterocycles. The molecule has 0 aliphatic rings. The number of ether oxygens (including phenoxy) is 2. The van der Waals surface area contributed by atoms with E-state index in [1.165, 1.54) is 0 Å². The van der Waals surface area contributed by atoms with Crippen molar-refractivity contribution >= 4 is 5.97 Å². The predicted octanol–water partition coefficient (Wildman–Crippen LogP) is 5.43. The van der Waals surface area contributed by atoms with Crippen molar-refractivity contribution in [3.63, 3.8) is 0 Å². The Balaban J connectivity index is 2.05. The second-order valence-electron chi connectivity index (χ2n) is 7.24. The van der Waals surface area contributed by atoms with Gasteiger partial charge in [0.15, 0.2) is 6.10 Å². The quantitative estimate of drug-likeness (QED) is 0.335. The average Bonchev–Trinajstić information content (AvgIpc) is 2.83. The van der Waals surface area contributed by atoms with Gasteiger partial charge in [0.2, 0.25) is 0 Å². The van der Waals surface area contributed by atoms with E-state index in [2.05, 4.69) is 6.58 Å². The lowest BCUT2D eigenvalue weighted by atomic mass is 9.80. The van der Waals surface area contributed by atoms with Gasteiger partial charge in [-0.15, -0.1) is 6.58 Å². The molecule has 0 spiro atoms. The third kappa shape index (κ3) is 5.10. The van der Waals surface area contributed by atoms with Crippen molar-refractivity contribution in [3.05, 3.63) is 120 Å². The van der Waals surface area contributed by atoms with Crippen molar-refractivity contribution in [1.82, 2.24) is 0 Å². The Morgan fingerprint density at radius 1 is 0.903 bits per heavy atom. The van der Waals surface area contributed by atoms with Gasteiger partial charge in [-0.1, -0.05) is 104 Å². The first-order chi connectivity index (χ1) is 15.1. The van der Waals surface area contributed by atoms with Gasteiger partial charge < -0.3 is 14.6 Å². The highest BCUT2D eigenvalue weighted by molar-refractivity contribution is 5.72. The summed E-state index contributed by atoms with van der Waals surface area (Å²) in [5.41, 5.74) is 2.03. The van der Waals surface area contributed by atoms with Crippen LogP contribution in [0.3, 0.4) is 0 Å². The first kappa shape index (κ1) is 22.5. The molecule has 0 bridgehead atoms. The molecule has 1 N–H and O–H groups in total. The minimum Gasteiger partial charge on any atom is -0.479 e. The van der Waals surface area contributed by atoms with Gasteiger partial charge in [-0.25, -0.2) is 4.79 Å². The fourth-order valence-electron chi connectivity index (χ4n) is 3.68. The number of carboxylic acid groups (broad SMARTS) is 1. The molecule has 0 saturated heterocycles. The molecule has 4 nitrogen and oxygen atoms in total. The van der Waals surface area contributed by atoms with Gasteiger partial charge in [-0.2, -0.15) is 0 Å². The summed E-state index contributed by atoms with van der Waals surface area (Å²) in [7, 11) is 0. The monoisotopic (exact) mass is 416 g/mol. The Hall–Kier alpha value is -3.21. The summed E-state index contributed by atoms with van der Waals surface area (Å²) in [6, 6.07) is 30.0. The molecule has 4 heteroatoms. The normalized spacial score (nSPS) is 13.3. The second-order valence-corrected chi connectivity index (χ2v) is 7.24. The summed E-state index contributed by atoms with van der Waals surface area (Å²) in [5, 5.41) is 9.38. The molecule has 1 unspecified atom stereocenters. The van der Waals surface area contributed by atoms with Crippen molar-refractivity contribution < 1.29 is 19.4 Å². The van der Waals surface area contributed by atoms with Crippen LogP contribution in [0, 0.1) is 0 Å². The van der Waals surface area contributed by atoms with Crippen LogP contribution in [0.2, 0.25) is 0 Å². The number of hydrogen-bond acceptors (Lipinski definition) is 3. The summed E-state index contributed by atoms with van der Waals surface area (Å²) in [4.78, 5) is 11.4. The second kappa shape index (κ2) is 10.7. The molecule has 0 aliphatic carbocycles. The maximum Gasteiger partial charge on any atom is 0.332 e. The van der Waals surface area contributed by atoms with E-state index in [0.717, 1.165) is 16.7 Å². The van der Waals surface area contributed by atoms with Crippen molar-refractivity contribution in [2.24, 2.45) is 0 Å². The van der Waals surface area contributed by atoms with E-state index in [-0.39, 0.29) is 6.61 Å². The SMILES string of the molecule is C=C[C@@H](COC(c1ccccc1)(c1ccccc1)c1ccccc1)OC(CC)C(=O)O. The summed E-state index contributed by atoms with van der Waals surface area (Å²) < 4.78 is 12.4. The lowest BCUT2D eigenvalue weighted by molar-refractivity contribution is -0.156. The molecule has 2 atom stereocenters. The largest absolute Gasteiger partial charge is 0.479 e. The van der Waals surface area contributed by atoms with Gasteiger partial charge >= 0.3 is 5.97 Å². The Labute approximate surface area is 183 Å². The maximum absolute atomic E-state index is 11.4. The predicted molar refractivity (Wildman–Crippen MR) is 122 cm³/mol. The van der Waals surface area contributed by atoms with Crippen LogP contribution in [0.1, 0.15) is 30.0 Å². The zero-order chi connectivity index (χ0) is 22.1. The van der Waals surface area contributed by atoms with E-state index in [9.17, 15) is 9.90 Å². The maximum atomic E-state index is 11.4. The van der Waals surface area contributed by atoms with Gasteiger partial charge in [0, 0.05) is 0 Å². The lowest BCUT2D eigenvalue weighted by Crippen LogP contribution is -2.37. The van der Waals surface area contributed by atoms with Crippen LogP contribution in [0.25, 0.3) is 0 Å². The highest BCUT2D eigenvalue weighted by Crippen LogP contribution is 2.40. The van der Waals surface area contributed by atoms with Crippen molar-refractivity contribution in [2.75, 3.05) is 6.61 Å². The first-order valence-electron chi connectivity index (χ1n) is 10.4. The molecule has 3 aromatic carbocycles. The van der Waals surface area contributed by atoms with E-state index in [4.69, 9.17) is 9.47 Å². The van der Waals surface area contributed by atoms with Gasteiger partial charge in [0.25, 0.3) is 0 Å². The minimum absolute atomic E-state index is 0.145. The molecule has 160 valence electrons. The third-order valence-corrected chi connectivity index (χ3v) is 5.25. The van der Waals surface area contributed by atoms with E-state index >= 15 is 0 Å². The Morgan fingerprint density at radius 3 is 1.65 bits per heavy atom. The third-order valence-electron chi connectivity index (χ3n) is 5.25. The Bertz CT molecular complexity index is 858. The van der Waals surface area contributed by atoms with Gasteiger partial charge in [-0.05, 0) is 23.1 Å². The van der Waals surface area contributed by atoms with Crippen LogP contribution in [0.15, 0.2) is 104 Å². The van der Waals surface area contributed by atoms with E-state index < -0.39 is 23.8 Å². The number of carbonyl (C=O) groups is 1. The fraction of sp³-hybridized carbons (Fsp3) is 0.222. The van der Waals surface area contributed by atoms with Crippen molar-refractivity contribution in [2.45, 2.75) is 31.2 Å². The van der Waals surface area contributed by atoms with Crippen LogP contribution in [-0.4, -0.2) is 29.9 Å². The zero-order valence-electron chi connectivity index (χ0n) is 17.7. The van der Waals surface area contributed by atoms with Crippen LogP contribution < -0.4 is 0 Å². The van der Waals surface area contributed by atoms with E-state index in [1.54, 1.807) is 13.0 Å². The summed E-state index contributed by atoms with van der Waals surface area (Å²) in [6.07, 6.45) is 0.473. The standard InChI is InChI=1S/C27H28O4/c1-3-24(31-25(4-2)26(28)29)20-30-27(21-14-8-5-9-15-21,22-16-10-6-11-17-22)23-18-12-7-13-19-23/h3,5-19,24-25H,1,4,20H2,2H3,(H,28,29)/t24-,25?/m0/s1. The van der Waals surface area contributed by atoms with Crippen LogP contribution in [0.5, 0.6) is 0 Å². The van der Waals surface area contributed by atoms with Crippen LogP contribution >= 0.6 is 0 Å². The number of carboxylic acids is 1. The fourth-order valence-corrected chi connectivity index (χ4v) is 3.68. The number of hydrogen-bond donors (Lipinski definition) is 1. The van der Waals surface area contributed by atoms with E-state index in [1.807, 2.05) is 91.0 Å². The molecular weight excluding hydrogens is 388 g/mol. The number of rotatable bonds is 11. The van der Waals surface area contributed by atoms with Crippen LogP contribution in [-0.2, 0) is 19.9 Å². The molecule has 0 fully saturated rings. The number of benzene rings is 3. The molecule has 0 amide bonds. The van der Waals surface area contributed by atoms with E-state index in [0.29, 0.717) is 6.42 Å². The average molecular weight is 417 g/mol. The molecule has 0 heterocycles. The molecule has 31 heavy (non-hydrogen) atoms. The molecule has 3 aromatic rings. The topological polar surface area (TPSA) is 55.8 Å². The van der Waals surface area contributed by atoms with Gasteiger partial charge in [-0.3, -0.25) is 0 Å². The number of aliphatic carboxylic acids is 1. The molecule has 0 saturated carbocycles. The van der Waals surface area contributed by atoms with Gasteiger partial charge in [0.1, 0.15) is 5.60 Å². The summed E-state index contributed by atoms with van der Waals surface area (Å²) in [5.74, 6) is -0.991. The Kier molecular flexibility index (Phi) is 7.76. The highest BCUT2D eigenvalue weighted by atomic mass is 16.6. The summed E-state index contributed by atoms with van der Waals surface area (Å²) in [6.45, 7) is 5.75. The molecule has 3 rings (SSSR count). The smallest absolute Gasteiger partial charge is 0.332 e. The molecular formula is C27H28O4. The van der Waals surface area contributed by atoms with Crippen molar-refractivity contribution in [3.8, 4) is 0 Å². The lowest BCUT2D eigenvalue weighted by Gasteiger charge is -2.37. The Morgan fingerprint density at radius 2 is 1.32 bits per heavy atom. The summed E-state index contributed by atoms with van der Waals surface area (Å²) >= 11 is 0. The van der Waals surface area contributed by atoms with Crippen molar-refractivity contribution in [1.29, 1.82) is 0 Å². The van der Waals surface area contributed by atoms with Crippen LogP contribution in [0.4, 0.5) is 0 Å². The molecule has 0 radical (unpaired) electrons. The van der Waals surface area contributed by atoms with Gasteiger partial charge in [0.05, 0.1) is 12.7 Å². The first-order valence-corrected chi connectivity index (χ1v) is 10.4. The molecule has 0 aliphatic heterocycles. The zero-order valence-corrected chi connectivity index (χ0v) is 17.7. The highest BCUT2D eigenvalue weighted by Gasteiger charge is 2.38. The minimum atomic E-state index is -0.991.